The van der Waals surface area contributed by atoms with Crippen LogP contribution < -0.4 is 0 Å². The van der Waals surface area contributed by atoms with E-state index in [0.717, 1.165) is 26.8 Å². The lowest BCUT2D eigenvalue weighted by Gasteiger charge is -2.07. The second-order valence-electron chi connectivity index (χ2n) is 4.62. The van der Waals surface area contributed by atoms with Gasteiger partial charge in [0.05, 0.1) is 27.9 Å². The molecule has 0 spiro atoms. The van der Waals surface area contributed by atoms with Crippen LogP contribution in [0.25, 0.3) is 10.9 Å². The van der Waals surface area contributed by atoms with Gasteiger partial charge in [-0.2, -0.15) is 5.10 Å². The normalized spacial score (nSPS) is 11.4. The summed E-state index contributed by atoms with van der Waals surface area (Å²) in [6.07, 6.45) is 1.97. The highest BCUT2D eigenvalue weighted by Crippen LogP contribution is 2.24. The average Bonchev–Trinajstić information content (AvgIpc) is 2.86. The number of nitrogens with zero attached hydrogens (tertiary/aromatic N) is 3. The third-order valence-corrected chi connectivity index (χ3v) is 4.35. The van der Waals surface area contributed by atoms with Crippen molar-refractivity contribution >= 4 is 26.8 Å². The van der Waals surface area contributed by atoms with Crippen LogP contribution in [0.2, 0.25) is 0 Å². The maximum atomic E-state index is 13.4. The van der Waals surface area contributed by atoms with Crippen molar-refractivity contribution < 1.29 is 4.39 Å². The van der Waals surface area contributed by atoms with Gasteiger partial charge in [0.25, 0.3) is 0 Å². The Morgan fingerprint density at radius 2 is 2.11 bits per heavy atom. The highest BCUT2D eigenvalue weighted by Gasteiger charge is 2.12. The molecule has 2 aromatic heterocycles. The van der Waals surface area contributed by atoms with Gasteiger partial charge in [0.2, 0.25) is 0 Å². The minimum Gasteiger partial charge on any atom is -0.341 e. The second kappa shape index (κ2) is 4.49. The lowest BCUT2D eigenvalue weighted by molar-refractivity contribution is 0.627. The minimum atomic E-state index is -0.215. The Morgan fingerprint density at radius 1 is 1.32 bits per heavy atom. The summed E-state index contributed by atoms with van der Waals surface area (Å²) in [4.78, 5) is 0. The van der Waals surface area contributed by atoms with Gasteiger partial charge in [-0.1, -0.05) is 0 Å². The van der Waals surface area contributed by atoms with Gasteiger partial charge in [-0.3, -0.25) is 4.68 Å². The molecule has 98 valence electrons. The molecule has 1 aromatic carbocycles. The fraction of sp³-hybridized carbons (Fsp3) is 0.214. The summed E-state index contributed by atoms with van der Waals surface area (Å²) in [6, 6.07) is 6.83. The first kappa shape index (κ1) is 12.4. The van der Waals surface area contributed by atoms with Gasteiger partial charge in [0.15, 0.2) is 0 Å². The van der Waals surface area contributed by atoms with Gasteiger partial charge in [0, 0.05) is 13.2 Å². The van der Waals surface area contributed by atoms with Crippen molar-refractivity contribution in [3.05, 3.63) is 52.1 Å². The lowest BCUT2D eigenvalue weighted by atomic mass is 10.2. The first-order valence-corrected chi connectivity index (χ1v) is 6.78. The zero-order valence-electron chi connectivity index (χ0n) is 10.7. The van der Waals surface area contributed by atoms with Gasteiger partial charge < -0.3 is 4.57 Å². The fourth-order valence-corrected chi connectivity index (χ4v) is 2.77. The number of rotatable bonds is 2. The van der Waals surface area contributed by atoms with E-state index in [-0.39, 0.29) is 5.82 Å². The Balaban J connectivity index is 2.08. The predicted octanol–water partition coefficient (Wildman–Crippen LogP) is 3.63. The van der Waals surface area contributed by atoms with Crippen LogP contribution in [-0.2, 0) is 13.6 Å². The minimum absolute atomic E-state index is 0.215. The standard InChI is InChI=1S/C14H13BrFN3/c1-9-14(15)13(18(2)17-9)8-19-6-5-10-3-4-11(16)7-12(10)19/h3-7H,8H2,1-2H3. The maximum Gasteiger partial charge on any atom is 0.125 e. The van der Waals surface area contributed by atoms with Crippen LogP contribution in [-0.4, -0.2) is 14.3 Å². The molecule has 0 saturated carbocycles. The molecule has 3 rings (SSSR count). The van der Waals surface area contributed by atoms with Gasteiger partial charge in [0.1, 0.15) is 5.82 Å². The molecule has 3 aromatic rings. The molecule has 0 radical (unpaired) electrons. The van der Waals surface area contributed by atoms with E-state index < -0.39 is 0 Å². The third kappa shape index (κ3) is 2.08. The van der Waals surface area contributed by atoms with Crippen molar-refractivity contribution in [3.63, 3.8) is 0 Å². The first-order valence-electron chi connectivity index (χ1n) is 5.98. The number of hydrogen-bond donors (Lipinski definition) is 0. The Kier molecular flexibility index (Phi) is 2.93. The monoisotopic (exact) mass is 321 g/mol. The molecule has 2 heterocycles. The van der Waals surface area contributed by atoms with E-state index in [4.69, 9.17) is 0 Å². The maximum absolute atomic E-state index is 13.4. The SMILES string of the molecule is Cc1nn(C)c(Cn2ccc3ccc(F)cc32)c1Br. The summed E-state index contributed by atoms with van der Waals surface area (Å²) in [5.74, 6) is -0.215. The fourth-order valence-electron chi connectivity index (χ4n) is 2.31. The molecule has 0 fully saturated rings. The molecule has 0 aliphatic carbocycles. The highest BCUT2D eigenvalue weighted by molar-refractivity contribution is 9.10. The summed E-state index contributed by atoms with van der Waals surface area (Å²) in [5, 5.41) is 5.41. The summed E-state index contributed by atoms with van der Waals surface area (Å²) in [5.41, 5.74) is 2.92. The van der Waals surface area contributed by atoms with Crippen LogP contribution in [0, 0.1) is 12.7 Å². The molecular formula is C14H13BrFN3. The summed E-state index contributed by atoms with van der Waals surface area (Å²) in [6.45, 7) is 2.62. The van der Waals surface area contributed by atoms with Crippen molar-refractivity contribution in [2.75, 3.05) is 0 Å². The molecule has 0 saturated heterocycles. The van der Waals surface area contributed by atoms with Gasteiger partial charge in [-0.05, 0) is 52.5 Å². The topological polar surface area (TPSA) is 22.8 Å². The van der Waals surface area contributed by atoms with Crippen LogP contribution >= 0.6 is 15.9 Å². The van der Waals surface area contributed by atoms with E-state index in [1.807, 2.05) is 35.5 Å². The zero-order valence-corrected chi connectivity index (χ0v) is 12.3. The van der Waals surface area contributed by atoms with Crippen LogP contribution in [0.15, 0.2) is 34.9 Å². The van der Waals surface area contributed by atoms with Crippen molar-refractivity contribution in [3.8, 4) is 0 Å². The number of fused-ring (bicyclic) bond motifs is 1. The van der Waals surface area contributed by atoms with Crippen LogP contribution in [0.4, 0.5) is 4.39 Å². The van der Waals surface area contributed by atoms with E-state index in [1.54, 1.807) is 12.1 Å². The van der Waals surface area contributed by atoms with Crippen LogP contribution in [0.3, 0.4) is 0 Å². The molecule has 0 amide bonds. The Bertz CT molecular complexity index is 757. The van der Waals surface area contributed by atoms with E-state index in [1.165, 1.54) is 6.07 Å². The predicted molar refractivity (Wildman–Crippen MR) is 76.6 cm³/mol. The van der Waals surface area contributed by atoms with Gasteiger partial charge in [-0.15, -0.1) is 0 Å². The van der Waals surface area contributed by atoms with Crippen LogP contribution in [0.5, 0.6) is 0 Å². The Labute approximate surface area is 118 Å². The van der Waals surface area contributed by atoms with Crippen molar-refractivity contribution in [2.45, 2.75) is 13.5 Å². The quantitative estimate of drug-likeness (QED) is 0.706. The molecule has 0 unspecified atom stereocenters. The van der Waals surface area contributed by atoms with E-state index in [0.29, 0.717) is 6.54 Å². The van der Waals surface area contributed by atoms with Crippen molar-refractivity contribution in [1.29, 1.82) is 0 Å². The second-order valence-corrected chi connectivity index (χ2v) is 5.41. The Hall–Kier alpha value is -1.62. The molecule has 0 bridgehead atoms. The third-order valence-electron chi connectivity index (χ3n) is 3.32. The summed E-state index contributed by atoms with van der Waals surface area (Å²) >= 11 is 3.55. The van der Waals surface area contributed by atoms with Crippen molar-refractivity contribution in [2.24, 2.45) is 7.05 Å². The molecule has 0 N–H and O–H groups in total. The van der Waals surface area contributed by atoms with E-state index in [9.17, 15) is 4.39 Å². The largest absolute Gasteiger partial charge is 0.341 e. The van der Waals surface area contributed by atoms with E-state index >= 15 is 0 Å². The van der Waals surface area contributed by atoms with Crippen molar-refractivity contribution in [1.82, 2.24) is 14.3 Å². The molecule has 0 aliphatic rings. The highest BCUT2D eigenvalue weighted by atomic mass is 79.9. The lowest BCUT2D eigenvalue weighted by Crippen LogP contribution is -2.05. The molecule has 3 nitrogen and oxygen atoms in total. The Morgan fingerprint density at radius 3 is 2.79 bits per heavy atom. The number of hydrogen-bond acceptors (Lipinski definition) is 1. The molecule has 5 heteroatoms. The number of benzene rings is 1. The first-order chi connectivity index (χ1) is 9.06. The molecule has 0 aliphatic heterocycles. The number of aryl methyl sites for hydroxylation is 2. The molecule has 0 atom stereocenters. The van der Waals surface area contributed by atoms with Gasteiger partial charge >= 0.3 is 0 Å². The summed E-state index contributed by atoms with van der Waals surface area (Å²) in [7, 11) is 1.92. The zero-order chi connectivity index (χ0) is 13.6. The average molecular weight is 322 g/mol. The number of halogens is 2. The summed E-state index contributed by atoms with van der Waals surface area (Å²) < 4.78 is 18.2. The smallest absolute Gasteiger partial charge is 0.125 e. The number of aromatic nitrogens is 3. The van der Waals surface area contributed by atoms with E-state index in [2.05, 4.69) is 21.0 Å². The van der Waals surface area contributed by atoms with Crippen LogP contribution in [0.1, 0.15) is 11.4 Å². The van der Waals surface area contributed by atoms with Gasteiger partial charge in [-0.25, -0.2) is 4.39 Å². The molecule has 19 heavy (non-hydrogen) atoms. The molecular weight excluding hydrogens is 309 g/mol.